The van der Waals surface area contributed by atoms with E-state index in [1.807, 2.05) is 0 Å². The maximum absolute atomic E-state index is 9.93. The van der Waals surface area contributed by atoms with Crippen molar-refractivity contribution in [2.24, 2.45) is 0 Å². The van der Waals surface area contributed by atoms with E-state index in [4.69, 9.17) is 19.3 Å². The molecule has 10 heteroatoms. The minimum absolute atomic E-state index is 0.194. The average Bonchev–Trinajstić information content (AvgIpc) is 2.52. The molecular formula is C12H22O10. The molecule has 0 spiro atoms. The van der Waals surface area contributed by atoms with E-state index in [9.17, 15) is 30.6 Å². The summed E-state index contributed by atoms with van der Waals surface area (Å²) in [7, 11) is 0. The molecule has 7 N–H and O–H groups in total. The lowest BCUT2D eigenvalue weighted by Crippen LogP contribution is -2.63. The van der Waals surface area contributed by atoms with Crippen LogP contribution in [-0.2, 0) is 14.2 Å². The van der Waals surface area contributed by atoms with Gasteiger partial charge in [0, 0.05) is 0 Å². The molecule has 2 aliphatic rings. The summed E-state index contributed by atoms with van der Waals surface area (Å²) in [4.78, 5) is 0. The molecule has 1 unspecified atom stereocenters. The summed E-state index contributed by atoms with van der Waals surface area (Å²) in [6.45, 7) is -1.33. The second-order valence-corrected chi connectivity index (χ2v) is 5.41. The summed E-state index contributed by atoms with van der Waals surface area (Å²) in [6.07, 6.45) is -12.3. The van der Waals surface area contributed by atoms with E-state index in [0.29, 0.717) is 0 Å². The second kappa shape index (κ2) is 7.45. The van der Waals surface area contributed by atoms with Crippen molar-refractivity contribution in [3.63, 3.8) is 0 Å². The molecule has 10 nitrogen and oxygen atoms in total. The van der Waals surface area contributed by atoms with Crippen molar-refractivity contribution in [2.45, 2.75) is 55.1 Å². The number of rotatable bonds is 4. The van der Waals surface area contributed by atoms with Gasteiger partial charge in [0.2, 0.25) is 0 Å². The van der Waals surface area contributed by atoms with Gasteiger partial charge in [-0.05, 0) is 0 Å². The zero-order chi connectivity index (χ0) is 16.4. The van der Waals surface area contributed by atoms with Crippen molar-refractivity contribution >= 4 is 0 Å². The number of aliphatic hydroxyl groups excluding tert-OH is 7. The van der Waals surface area contributed by atoms with Gasteiger partial charge in [-0.25, -0.2) is 0 Å². The number of hydrogen-bond donors (Lipinski definition) is 7. The van der Waals surface area contributed by atoms with Crippen LogP contribution in [0.15, 0.2) is 0 Å². The molecule has 22 heavy (non-hydrogen) atoms. The number of aliphatic hydroxyl groups is 7. The molecule has 2 saturated heterocycles. The Bertz CT molecular complexity index is 351. The average molecular weight is 326 g/mol. The highest BCUT2D eigenvalue weighted by molar-refractivity contribution is 4.92. The van der Waals surface area contributed by atoms with E-state index in [2.05, 4.69) is 0 Å². The van der Waals surface area contributed by atoms with E-state index >= 15 is 0 Å². The Kier molecular flexibility index (Phi) is 6.07. The van der Waals surface area contributed by atoms with Crippen molar-refractivity contribution < 1.29 is 50.0 Å². The van der Waals surface area contributed by atoms with Crippen molar-refractivity contribution in [3.8, 4) is 0 Å². The highest BCUT2D eigenvalue weighted by Crippen LogP contribution is 2.27. The smallest absolute Gasteiger partial charge is 0.187 e. The van der Waals surface area contributed by atoms with Crippen molar-refractivity contribution in [3.05, 3.63) is 0 Å². The number of ether oxygens (including phenoxy) is 3. The Balaban J connectivity index is 2.09. The quantitative estimate of drug-likeness (QED) is 0.266. The first-order valence-corrected chi connectivity index (χ1v) is 6.95. The molecule has 2 aliphatic heterocycles. The molecule has 0 amide bonds. The van der Waals surface area contributed by atoms with Crippen molar-refractivity contribution in [1.82, 2.24) is 0 Å². The summed E-state index contributed by atoms with van der Waals surface area (Å²) in [5, 5.41) is 67.0. The Morgan fingerprint density at radius 1 is 0.818 bits per heavy atom. The van der Waals surface area contributed by atoms with Gasteiger partial charge in [0.25, 0.3) is 0 Å². The van der Waals surface area contributed by atoms with Crippen LogP contribution < -0.4 is 0 Å². The molecule has 0 aromatic heterocycles. The molecule has 0 aliphatic carbocycles. The van der Waals surface area contributed by atoms with Gasteiger partial charge in [0.1, 0.15) is 48.8 Å². The van der Waals surface area contributed by atoms with Gasteiger partial charge in [-0.1, -0.05) is 0 Å². The lowest BCUT2D eigenvalue weighted by molar-refractivity contribution is -0.336. The molecule has 0 saturated carbocycles. The molecule has 2 heterocycles. The summed E-state index contributed by atoms with van der Waals surface area (Å²) < 4.78 is 15.6. The normalized spacial score (nSPS) is 50.0. The molecule has 2 fully saturated rings. The third-order valence-corrected chi connectivity index (χ3v) is 3.90. The fourth-order valence-electron chi connectivity index (χ4n) is 2.51. The third kappa shape index (κ3) is 3.41. The van der Waals surface area contributed by atoms with Crippen LogP contribution in [-0.4, -0.2) is 111 Å². The fourth-order valence-corrected chi connectivity index (χ4v) is 2.51. The molecule has 9 atom stereocenters. The predicted molar refractivity (Wildman–Crippen MR) is 67.5 cm³/mol. The van der Waals surface area contributed by atoms with Crippen LogP contribution in [0, 0.1) is 0 Å². The third-order valence-electron chi connectivity index (χ3n) is 3.90. The van der Waals surface area contributed by atoms with Gasteiger partial charge < -0.3 is 50.0 Å². The highest BCUT2D eigenvalue weighted by Gasteiger charge is 2.48. The van der Waals surface area contributed by atoms with Crippen LogP contribution >= 0.6 is 0 Å². The fraction of sp³-hybridized carbons (Fsp3) is 1.00. The Morgan fingerprint density at radius 2 is 1.45 bits per heavy atom. The first kappa shape index (κ1) is 17.9. The first-order chi connectivity index (χ1) is 10.4. The standard InChI is InChI=1S/C12H22O10/c13-1-5-8(17)9(18)10(19)12(21-5)22-11-6(2-14)20-3-4(15)7(11)16/h4-19H,1-3H2/t4-,5+,6+,7+,8-,9-,10+,11?,12-/m0/s1. The maximum atomic E-state index is 9.93. The summed E-state index contributed by atoms with van der Waals surface area (Å²) in [5.41, 5.74) is 0. The molecule has 0 aromatic carbocycles. The number of hydrogen-bond acceptors (Lipinski definition) is 10. The minimum Gasteiger partial charge on any atom is -0.394 e. The van der Waals surface area contributed by atoms with Gasteiger partial charge >= 0.3 is 0 Å². The van der Waals surface area contributed by atoms with Crippen LogP contribution in [0.2, 0.25) is 0 Å². The van der Waals surface area contributed by atoms with E-state index in [1.165, 1.54) is 0 Å². The van der Waals surface area contributed by atoms with E-state index in [-0.39, 0.29) is 6.61 Å². The largest absolute Gasteiger partial charge is 0.394 e. The van der Waals surface area contributed by atoms with Crippen molar-refractivity contribution in [1.29, 1.82) is 0 Å². The summed E-state index contributed by atoms with van der Waals surface area (Å²) in [5.74, 6) is 0. The monoisotopic (exact) mass is 326 g/mol. The minimum atomic E-state index is -1.65. The lowest BCUT2D eigenvalue weighted by atomic mass is 9.97. The van der Waals surface area contributed by atoms with Crippen LogP contribution in [0.4, 0.5) is 0 Å². The zero-order valence-corrected chi connectivity index (χ0v) is 11.7. The molecule has 0 radical (unpaired) electrons. The lowest BCUT2D eigenvalue weighted by Gasteiger charge is -2.44. The van der Waals surface area contributed by atoms with Gasteiger partial charge in [-0.15, -0.1) is 0 Å². The Labute approximate surface area is 126 Å². The zero-order valence-electron chi connectivity index (χ0n) is 11.7. The van der Waals surface area contributed by atoms with Crippen molar-refractivity contribution in [2.75, 3.05) is 19.8 Å². The van der Waals surface area contributed by atoms with Gasteiger partial charge in [0.05, 0.1) is 19.8 Å². The van der Waals surface area contributed by atoms with Gasteiger partial charge in [-0.3, -0.25) is 0 Å². The van der Waals surface area contributed by atoms with E-state index in [0.717, 1.165) is 0 Å². The molecule has 0 bridgehead atoms. The maximum Gasteiger partial charge on any atom is 0.187 e. The molecule has 2 rings (SSSR count). The Morgan fingerprint density at radius 3 is 2.05 bits per heavy atom. The summed E-state index contributed by atoms with van der Waals surface area (Å²) >= 11 is 0. The van der Waals surface area contributed by atoms with E-state index < -0.39 is 68.3 Å². The van der Waals surface area contributed by atoms with E-state index in [1.54, 1.807) is 0 Å². The highest BCUT2D eigenvalue weighted by atomic mass is 16.7. The Hall–Kier alpha value is -0.400. The van der Waals surface area contributed by atoms with Crippen LogP contribution in [0.1, 0.15) is 0 Å². The second-order valence-electron chi connectivity index (χ2n) is 5.41. The van der Waals surface area contributed by atoms with Gasteiger partial charge in [0.15, 0.2) is 6.29 Å². The van der Waals surface area contributed by atoms with Crippen LogP contribution in [0.3, 0.4) is 0 Å². The molecular weight excluding hydrogens is 304 g/mol. The van der Waals surface area contributed by atoms with Crippen LogP contribution in [0.25, 0.3) is 0 Å². The van der Waals surface area contributed by atoms with Gasteiger partial charge in [-0.2, -0.15) is 0 Å². The summed E-state index contributed by atoms with van der Waals surface area (Å²) in [6, 6.07) is 0. The topological polar surface area (TPSA) is 169 Å². The predicted octanol–water partition coefficient (Wildman–Crippen LogP) is -4.72. The SMILES string of the molecule is OC[C@H]1OC[C@H](O)[C@@H](O)C1O[C@@H]1O[C@H](CO)[C@H](O)[C@H](O)[C@H]1O. The van der Waals surface area contributed by atoms with Crippen LogP contribution in [0.5, 0.6) is 0 Å². The first-order valence-electron chi connectivity index (χ1n) is 6.95. The molecule has 0 aromatic rings. The molecule has 130 valence electrons.